The second-order valence-corrected chi connectivity index (χ2v) is 18.3. The van der Waals surface area contributed by atoms with Crippen LogP contribution in [0.25, 0.3) is 10.9 Å². The molecule has 0 aliphatic carbocycles. The number of hydrogen-bond acceptors (Lipinski definition) is 14. The van der Waals surface area contributed by atoms with Crippen molar-refractivity contribution < 1.29 is 65.4 Å². The molecule has 4 rings (SSSR count). The molecule has 0 aliphatic heterocycles. The topological polar surface area (TPSA) is 344 Å². The predicted octanol–water partition coefficient (Wildman–Crippen LogP) is 0.951. The number of primary amides is 1. The van der Waals surface area contributed by atoms with Gasteiger partial charge in [0, 0.05) is 29.9 Å². The van der Waals surface area contributed by atoms with Crippen molar-refractivity contribution in [1.29, 1.82) is 0 Å². The van der Waals surface area contributed by atoms with Crippen LogP contribution in [0.3, 0.4) is 0 Å². The van der Waals surface area contributed by atoms with E-state index in [1.807, 2.05) is 6.07 Å². The van der Waals surface area contributed by atoms with E-state index in [4.69, 9.17) is 15.0 Å². The summed E-state index contributed by atoms with van der Waals surface area (Å²) in [6.07, 6.45) is 3.25. The number of aliphatic carboxylic acids is 1. The number of carbonyl (C=O) groups excluding carboxylic acids is 7. The first-order valence-electron chi connectivity index (χ1n) is 21.1. The van der Waals surface area contributed by atoms with Gasteiger partial charge in [0.25, 0.3) is 0 Å². The zero-order valence-electron chi connectivity index (χ0n) is 37.4. The summed E-state index contributed by atoms with van der Waals surface area (Å²) >= 11 is 2.71. The SMILES string of the molecule is CSCC[C@H](NC(=O)[C@H](Cc1ccc(OS(=O)(=O)O)cc1)NC(=O)OCc1ccccc1)C(=O)NCC(=O)N[C@@H](Cc1c[nH]c2ccccc12)C(=O)N[C@@H](CCSC)C(=O)N[C@@H](CC(=O)O)C(N)=O. The molecule has 7 amide bonds. The lowest BCUT2D eigenvalue weighted by Gasteiger charge is -2.25. The molecule has 1 heterocycles. The van der Waals surface area contributed by atoms with Crippen molar-refractivity contribution >= 4 is 92.3 Å². The maximum Gasteiger partial charge on any atom is 0.446 e. The highest BCUT2D eigenvalue weighted by atomic mass is 32.3. The van der Waals surface area contributed by atoms with E-state index in [-0.39, 0.29) is 38.0 Å². The number of rotatable bonds is 28. The number of aromatic nitrogens is 1. The number of H-pyrrole nitrogens is 1. The maximum atomic E-state index is 14.0. The third-order valence-electron chi connectivity index (χ3n) is 10.1. The Morgan fingerprint density at radius 2 is 1.25 bits per heavy atom. The molecular weight excluding hydrogens is 961 g/mol. The minimum atomic E-state index is -4.82. The molecule has 0 aliphatic rings. The third kappa shape index (κ3) is 19.0. The summed E-state index contributed by atoms with van der Waals surface area (Å²) in [7, 11) is -4.82. The number of fused-ring (bicyclic) bond motifs is 1. The van der Waals surface area contributed by atoms with Crippen molar-refractivity contribution in [3.63, 3.8) is 0 Å². The molecule has 0 radical (unpaired) electrons. The normalized spacial score (nSPS) is 13.3. The molecule has 0 saturated carbocycles. The summed E-state index contributed by atoms with van der Waals surface area (Å²) in [6, 6.07) is 14.3. The molecule has 1 aromatic heterocycles. The number of ether oxygens (including phenoxy) is 1. The Morgan fingerprint density at radius 1 is 0.681 bits per heavy atom. The summed E-state index contributed by atoms with van der Waals surface area (Å²) in [5.74, 6) is -6.15. The number of carboxylic acids is 1. The molecule has 372 valence electrons. The van der Waals surface area contributed by atoms with Gasteiger partial charge in [-0.1, -0.05) is 60.7 Å². The molecule has 22 nitrogen and oxygen atoms in total. The maximum absolute atomic E-state index is 14.0. The van der Waals surface area contributed by atoms with E-state index in [9.17, 15) is 51.9 Å². The fraction of sp³-hybridized carbons (Fsp3) is 0.364. The van der Waals surface area contributed by atoms with Crippen LogP contribution in [-0.4, -0.2) is 131 Å². The van der Waals surface area contributed by atoms with Crippen molar-refractivity contribution in [3.05, 3.63) is 102 Å². The summed E-state index contributed by atoms with van der Waals surface area (Å²) in [4.78, 5) is 108. The Bertz CT molecular complexity index is 2530. The summed E-state index contributed by atoms with van der Waals surface area (Å²) in [6.45, 7) is -0.812. The van der Waals surface area contributed by atoms with Gasteiger partial charge < -0.3 is 56.6 Å². The molecule has 11 N–H and O–H groups in total. The Hall–Kier alpha value is -6.83. The highest BCUT2D eigenvalue weighted by Crippen LogP contribution is 2.20. The van der Waals surface area contributed by atoms with E-state index in [1.54, 1.807) is 67.2 Å². The van der Waals surface area contributed by atoms with Gasteiger partial charge in [-0.25, -0.2) is 4.79 Å². The number of carbonyl (C=O) groups is 8. The zero-order chi connectivity index (χ0) is 50.5. The van der Waals surface area contributed by atoms with Crippen LogP contribution in [0, 0.1) is 0 Å². The average molecular weight is 1020 g/mol. The number of alkyl carbamates (subject to hydrolysis) is 1. The van der Waals surface area contributed by atoms with Gasteiger partial charge in [-0.2, -0.15) is 31.9 Å². The van der Waals surface area contributed by atoms with E-state index in [0.29, 0.717) is 28.2 Å². The summed E-state index contributed by atoms with van der Waals surface area (Å²) in [5, 5.41) is 25.1. The van der Waals surface area contributed by atoms with Crippen LogP contribution >= 0.6 is 23.5 Å². The molecule has 0 fully saturated rings. The van der Waals surface area contributed by atoms with Crippen molar-refractivity contribution in [1.82, 2.24) is 36.9 Å². The molecule has 0 saturated heterocycles. The van der Waals surface area contributed by atoms with E-state index in [0.717, 1.165) is 10.9 Å². The van der Waals surface area contributed by atoms with E-state index in [2.05, 4.69) is 41.1 Å². The lowest BCUT2D eigenvalue weighted by atomic mass is 10.0. The first-order chi connectivity index (χ1) is 32.8. The number of aromatic amines is 1. The summed E-state index contributed by atoms with van der Waals surface area (Å²) < 4.78 is 41.2. The van der Waals surface area contributed by atoms with Gasteiger partial charge >= 0.3 is 22.5 Å². The van der Waals surface area contributed by atoms with E-state index >= 15 is 0 Å². The van der Waals surface area contributed by atoms with Crippen LogP contribution in [0.4, 0.5) is 4.79 Å². The monoisotopic (exact) mass is 1010 g/mol. The van der Waals surface area contributed by atoms with Crippen LogP contribution in [0.5, 0.6) is 5.75 Å². The standard InChI is InChI=1S/C44H54N8O14S3/c1-67-18-16-32(49-42(59)35(52-44(61)65-25-27-8-4-3-5-9-27)20-26-12-14-29(15-13-26)66-69(62,63)64)40(57)47-24-37(53)48-36(21-28-23-46-31-11-7-6-10-30(28)31)43(60)50-33(17-19-68-2)41(58)51-34(39(45)56)22-38(54)55/h3-15,23,32-36,46H,16-22,24-25H2,1-2H3,(H2,45,56)(H,47,57)(H,48,53)(H,49,59)(H,50,60)(H,51,58)(H,52,61)(H,54,55)(H,62,63,64)/t32-,33-,34-,35-,36-/m0/s1. The van der Waals surface area contributed by atoms with Crippen molar-refractivity contribution in [3.8, 4) is 5.75 Å². The Balaban J connectivity index is 1.51. The molecule has 0 spiro atoms. The number of nitrogens with one attached hydrogen (secondary N) is 7. The minimum Gasteiger partial charge on any atom is -0.481 e. The zero-order valence-corrected chi connectivity index (χ0v) is 39.9. The molecular formula is C44H54N8O14S3. The predicted molar refractivity (Wildman–Crippen MR) is 256 cm³/mol. The highest BCUT2D eigenvalue weighted by Gasteiger charge is 2.32. The molecule has 5 atom stereocenters. The van der Waals surface area contributed by atoms with Gasteiger partial charge in [0.05, 0.1) is 13.0 Å². The van der Waals surface area contributed by atoms with Crippen molar-refractivity contribution in [2.45, 2.75) is 68.9 Å². The molecule has 25 heteroatoms. The second-order valence-electron chi connectivity index (χ2n) is 15.3. The summed E-state index contributed by atoms with van der Waals surface area (Å²) in [5.41, 5.74) is 7.74. The fourth-order valence-electron chi connectivity index (χ4n) is 6.64. The first kappa shape index (κ1) is 54.8. The second kappa shape index (κ2) is 27.2. The van der Waals surface area contributed by atoms with Crippen LogP contribution in [0.15, 0.2) is 85.1 Å². The Labute approximate surface area is 405 Å². The molecule has 3 aromatic carbocycles. The van der Waals surface area contributed by atoms with E-state index < -0.39 is 101 Å². The van der Waals surface area contributed by atoms with Crippen LogP contribution in [0.1, 0.15) is 36.0 Å². The molecule has 4 aromatic rings. The van der Waals surface area contributed by atoms with Gasteiger partial charge in [0.1, 0.15) is 42.6 Å². The van der Waals surface area contributed by atoms with Gasteiger partial charge in [-0.3, -0.25) is 38.1 Å². The molecule has 0 bridgehead atoms. The largest absolute Gasteiger partial charge is 0.481 e. The number of nitrogens with two attached hydrogens (primary N) is 1. The smallest absolute Gasteiger partial charge is 0.446 e. The number of carboxylic acid groups (broad SMARTS) is 1. The van der Waals surface area contributed by atoms with Crippen LogP contribution < -0.4 is 41.8 Å². The number of hydrogen-bond donors (Lipinski definition) is 10. The molecule has 0 unspecified atom stereocenters. The number of benzene rings is 3. The lowest BCUT2D eigenvalue weighted by molar-refractivity contribution is -0.140. The van der Waals surface area contributed by atoms with Crippen molar-refractivity contribution in [2.24, 2.45) is 5.73 Å². The van der Waals surface area contributed by atoms with Gasteiger partial charge in [0.15, 0.2) is 0 Å². The van der Waals surface area contributed by atoms with Crippen LogP contribution in [0.2, 0.25) is 0 Å². The van der Waals surface area contributed by atoms with Gasteiger partial charge in [-0.05, 0) is 71.7 Å². The van der Waals surface area contributed by atoms with Crippen molar-refractivity contribution in [2.75, 3.05) is 30.6 Å². The number of para-hydroxylation sites is 1. The minimum absolute atomic E-state index is 0.0494. The highest BCUT2D eigenvalue weighted by molar-refractivity contribution is 7.98. The quantitative estimate of drug-likeness (QED) is 0.0354. The van der Waals surface area contributed by atoms with Gasteiger partial charge in [0.2, 0.25) is 35.4 Å². The Morgan fingerprint density at radius 3 is 1.84 bits per heavy atom. The number of thioether (sulfide) groups is 2. The lowest BCUT2D eigenvalue weighted by Crippen LogP contribution is -2.58. The first-order valence-corrected chi connectivity index (χ1v) is 25.3. The average Bonchev–Trinajstić information content (AvgIpc) is 3.72. The number of amides is 7. The third-order valence-corrected chi connectivity index (χ3v) is 11.8. The fourth-order valence-corrected chi connectivity index (χ4v) is 7.94. The Kier molecular flexibility index (Phi) is 21.6. The van der Waals surface area contributed by atoms with Crippen LogP contribution in [-0.2, 0) is 68.1 Å². The molecule has 69 heavy (non-hydrogen) atoms. The van der Waals surface area contributed by atoms with E-state index in [1.165, 1.54) is 47.8 Å². The van der Waals surface area contributed by atoms with Gasteiger partial charge in [-0.15, -0.1) is 0 Å².